The molecule has 0 atom stereocenters. The molecule has 14 heteroatoms. The van der Waals surface area contributed by atoms with E-state index in [2.05, 4.69) is 39.5 Å². The molecule has 0 spiro atoms. The van der Waals surface area contributed by atoms with Gasteiger partial charge >= 0.3 is 0 Å². The Hall–Kier alpha value is -1.70. The number of carbonyl (C=O) groups is 2. The van der Waals surface area contributed by atoms with Crippen LogP contribution in [0.5, 0.6) is 0 Å². The summed E-state index contributed by atoms with van der Waals surface area (Å²) in [7, 11) is 0. The first kappa shape index (κ1) is 27.3. The highest BCUT2D eigenvalue weighted by Gasteiger charge is 2.25. The molecular weight excluding hydrogens is 543 g/mol. The first-order valence-corrected chi connectivity index (χ1v) is 14.8. The van der Waals surface area contributed by atoms with Crippen molar-refractivity contribution >= 4 is 70.9 Å². The number of piperazine rings is 2. The van der Waals surface area contributed by atoms with Gasteiger partial charge in [-0.3, -0.25) is 19.4 Å². The van der Waals surface area contributed by atoms with Crippen molar-refractivity contribution < 1.29 is 9.59 Å². The molecule has 0 radical (unpaired) electrons. The number of carbonyl (C=O) groups excluding carboxylic acids is 2. The van der Waals surface area contributed by atoms with Gasteiger partial charge in [-0.2, -0.15) is 0 Å². The Morgan fingerprint density at radius 1 is 0.667 bits per heavy atom. The van der Waals surface area contributed by atoms with Gasteiger partial charge in [0.2, 0.25) is 0 Å². The van der Waals surface area contributed by atoms with Gasteiger partial charge in [-0.25, -0.2) is 19.9 Å². The van der Waals surface area contributed by atoms with Gasteiger partial charge < -0.3 is 9.80 Å². The molecule has 0 aliphatic carbocycles. The molecule has 4 heterocycles. The van der Waals surface area contributed by atoms with Crippen LogP contribution in [0.25, 0.3) is 0 Å². The summed E-state index contributed by atoms with van der Waals surface area (Å²) in [6.45, 7) is 8.55. The predicted octanol–water partition coefficient (Wildman–Crippen LogP) is 2.59. The number of thioether (sulfide) groups is 2. The summed E-state index contributed by atoms with van der Waals surface area (Å²) >= 11 is 15.2. The van der Waals surface area contributed by atoms with Crippen LogP contribution in [0.15, 0.2) is 10.3 Å². The van der Waals surface area contributed by atoms with E-state index in [9.17, 15) is 9.59 Å². The second-order valence-corrected chi connectivity index (χ2v) is 10.6. The van der Waals surface area contributed by atoms with E-state index in [-0.39, 0.29) is 10.3 Å². The minimum absolute atomic E-state index is 0.204. The Morgan fingerprint density at radius 3 is 1.33 bits per heavy atom. The molecule has 0 saturated carbocycles. The fourth-order valence-electron chi connectivity index (χ4n) is 4.34. The molecule has 2 saturated heterocycles. The Morgan fingerprint density at radius 2 is 1.03 bits per heavy atom. The van der Waals surface area contributed by atoms with Gasteiger partial charge in [-0.05, 0) is 12.5 Å². The summed E-state index contributed by atoms with van der Waals surface area (Å²) in [6.07, 6.45) is 5.25. The molecular formula is C22H28Cl2N8O2S2. The van der Waals surface area contributed by atoms with Crippen molar-refractivity contribution in [3.05, 3.63) is 21.4 Å². The number of aromatic nitrogens is 4. The highest BCUT2D eigenvalue weighted by Crippen LogP contribution is 2.28. The Labute approximate surface area is 229 Å². The van der Waals surface area contributed by atoms with Crippen LogP contribution < -0.4 is 9.80 Å². The van der Waals surface area contributed by atoms with Crippen LogP contribution in [0.4, 0.5) is 11.6 Å². The summed E-state index contributed by atoms with van der Waals surface area (Å²) < 4.78 is 0. The summed E-state index contributed by atoms with van der Waals surface area (Å²) in [6, 6.07) is 0. The second-order valence-electron chi connectivity index (χ2n) is 8.37. The van der Waals surface area contributed by atoms with Crippen LogP contribution in [-0.2, 0) is 0 Å². The van der Waals surface area contributed by atoms with Crippen molar-refractivity contribution in [1.82, 2.24) is 29.7 Å². The van der Waals surface area contributed by atoms with Crippen LogP contribution in [0.1, 0.15) is 20.7 Å². The average molecular weight is 572 g/mol. The Balaban J connectivity index is 1.28. The third kappa shape index (κ3) is 6.22. The lowest BCUT2D eigenvalue weighted by molar-refractivity contribution is 0.111. The zero-order valence-corrected chi connectivity index (χ0v) is 23.3. The molecule has 0 bridgehead atoms. The van der Waals surface area contributed by atoms with Gasteiger partial charge in [0.25, 0.3) is 0 Å². The van der Waals surface area contributed by atoms with Crippen molar-refractivity contribution in [3.63, 3.8) is 0 Å². The van der Waals surface area contributed by atoms with Gasteiger partial charge in [-0.1, -0.05) is 46.7 Å². The molecule has 194 valence electrons. The van der Waals surface area contributed by atoms with Crippen LogP contribution in [-0.4, -0.2) is 120 Å². The molecule has 2 fully saturated rings. The van der Waals surface area contributed by atoms with E-state index >= 15 is 0 Å². The highest BCUT2D eigenvalue weighted by atomic mass is 35.5. The maximum absolute atomic E-state index is 11.6. The van der Waals surface area contributed by atoms with Crippen LogP contribution in [0.3, 0.4) is 0 Å². The number of rotatable bonds is 9. The second kappa shape index (κ2) is 12.7. The lowest BCUT2D eigenvalue weighted by Gasteiger charge is -2.39. The predicted molar refractivity (Wildman–Crippen MR) is 146 cm³/mol. The molecule has 36 heavy (non-hydrogen) atoms. The smallest absolute Gasteiger partial charge is 0.190 e. The Bertz CT molecular complexity index is 1010. The average Bonchev–Trinajstić information content (AvgIpc) is 2.91. The van der Waals surface area contributed by atoms with Crippen molar-refractivity contribution in [1.29, 1.82) is 0 Å². The molecule has 10 nitrogen and oxygen atoms in total. The minimum atomic E-state index is 0.204. The quantitative estimate of drug-likeness (QED) is 0.192. The standard InChI is InChI=1S/C22H28Cl2N8O2S2/c1-35-21-25-17(23)15(13-33)19(27-21)31-9-5-29(6-10-31)3-4-30-7-11-32(12-8-30)20-16(14-34)18(24)26-22(28-20)36-2/h13-14H,3-12H2,1-2H3. The molecule has 2 aromatic heterocycles. The molecule has 4 rings (SSSR count). The lowest BCUT2D eigenvalue weighted by atomic mass is 10.2. The number of aldehydes is 2. The third-order valence-electron chi connectivity index (χ3n) is 6.39. The van der Waals surface area contributed by atoms with Gasteiger partial charge in [0.15, 0.2) is 22.9 Å². The van der Waals surface area contributed by atoms with E-state index in [0.29, 0.717) is 33.1 Å². The van der Waals surface area contributed by atoms with E-state index in [1.54, 1.807) is 0 Å². The van der Waals surface area contributed by atoms with E-state index in [1.807, 2.05) is 12.5 Å². The van der Waals surface area contributed by atoms with Crippen molar-refractivity contribution in [2.75, 3.05) is 87.8 Å². The van der Waals surface area contributed by atoms with Crippen molar-refractivity contribution in [3.8, 4) is 0 Å². The zero-order valence-electron chi connectivity index (χ0n) is 20.2. The van der Waals surface area contributed by atoms with Crippen molar-refractivity contribution in [2.45, 2.75) is 10.3 Å². The fourth-order valence-corrected chi connectivity index (χ4v) is 5.58. The van der Waals surface area contributed by atoms with Gasteiger partial charge in [-0.15, -0.1) is 0 Å². The summed E-state index contributed by atoms with van der Waals surface area (Å²) in [5.74, 6) is 1.24. The molecule has 0 amide bonds. The largest absolute Gasteiger partial charge is 0.353 e. The summed E-state index contributed by atoms with van der Waals surface area (Å²) in [5, 5.41) is 1.54. The third-order valence-corrected chi connectivity index (χ3v) is 8.07. The fraction of sp³-hybridized carbons (Fsp3) is 0.545. The number of hydrogen-bond acceptors (Lipinski definition) is 12. The number of hydrogen-bond donors (Lipinski definition) is 0. The Kier molecular flexibility index (Phi) is 9.65. The highest BCUT2D eigenvalue weighted by molar-refractivity contribution is 7.98. The van der Waals surface area contributed by atoms with E-state index < -0.39 is 0 Å². The molecule has 2 aromatic rings. The van der Waals surface area contributed by atoms with E-state index in [4.69, 9.17) is 23.2 Å². The first-order chi connectivity index (χ1) is 17.5. The monoisotopic (exact) mass is 570 g/mol. The lowest BCUT2D eigenvalue weighted by Crippen LogP contribution is -2.52. The van der Waals surface area contributed by atoms with Crippen molar-refractivity contribution in [2.24, 2.45) is 0 Å². The topological polar surface area (TPSA) is 98.7 Å². The van der Waals surface area contributed by atoms with Crippen LogP contribution in [0, 0.1) is 0 Å². The van der Waals surface area contributed by atoms with E-state index in [1.165, 1.54) is 23.5 Å². The molecule has 2 aliphatic heterocycles. The number of anilines is 2. The molecule has 2 aliphatic rings. The van der Waals surface area contributed by atoms with Gasteiger partial charge in [0.05, 0.1) is 11.1 Å². The number of nitrogens with zero attached hydrogens (tertiary/aromatic N) is 8. The molecule has 0 unspecified atom stereocenters. The summed E-state index contributed by atoms with van der Waals surface area (Å²) in [4.78, 5) is 49.7. The SMILES string of the molecule is CSc1nc(Cl)c(C=O)c(N2CCN(CCN3CCN(c4nc(SC)nc(Cl)c4C=O)CC3)CC2)n1. The maximum atomic E-state index is 11.6. The molecule has 0 N–H and O–H groups in total. The normalized spacial score (nSPS) is 17.4. The first-order valence-electron chi connectivity index (χ1n) is 11.5. The minimum Gasteiger partial charge on any atom is -0.353 e. The molecule has 0 aromatic carbocycles. The zero-order chi connectivity index (χ0) is 25.7. The van der Waals surface area contributed by atoms with Gasteiger partial charge in [0, 0.05) is 65.4 Å². The van der Waals surface area contributed by atoms with Crippen LogP contribution in [0.2, 0.25) is 10.3 Å². The summed E-state index contributed by atoms with van der Waals surface area (Å²) in [5.41, 5.74) is 0.710. The van der Waals surface area contributed by atoms with E-state index in [0.717, 1.165) is 78.0 Å². The van der Waals surface area contributed by atoms with Gasteiger partial charge in [0.1, 0.15) is 21.9 Å². The maximum Gasteiger partial charge on any atom is 0.190 e. The van der Waals surface area contributed by atoms with Crippen LogP contribution >= 0.6 is 46.7 Å². The number of halogens is 2.